The Balaban J connectivity index is 2.03. The van der Waals surface area contributed by atoms with E-state index in [2.05, 4.69) is 10.1 Å². The summed E-state index contributed by atoms with van der Waals surface area (Å²) in [5.41, 5.74) is -0.561. The third kappa shape index (κ3) is 4.43. The van der Waals surface area contributed by atoms with Gasteiger partial charge in [0.1, 0.15) is 28.7 Å². The van der Waals surface area contributed by atoms with Gasteiger partial charge in [-0.1, -0.05) is 6.07 Å². The summed E-state index contributed by atoms with van der Waals surface area (Å²) in [6.45, 7) is -0.729. The van der Waals surface area contributed by atoms with Crippen molar-refractivity contribution in [3.05, 3.63) is 53.6 Å². The van der Waals surface area contributed by atoms with Gasteiger partial charge in [-0.3, -0.25) is 4.79 Å². The topological polar surface area (TPSA) is 73.9 Å². The van der Waals surface area contributed by atoms with Gasteiger partial charge in [-0.05, 0) is 24.3 Å². The van der Waals surface area contributed by atoms with Gasteiger partial charge in [-0.25, -0.2) is 13.6 Å². The van der Waals surface area contributed by atoms with Crippen LogP contribution in [0.25, 0.3) is 0 Å². The van der Waals surface area contributed by atoms with Gasteiger partial charge in [-0.15, -0.1) is 0 Å². The van der Waals surface area contributed by atoms with Crippen LogP contribution >= 0.6 is 0 Å². The van der Waals surface area contributed by atoms with Gasteiger partial charge in [0.05, 0.1) is 19.9 Å². The highest BCUT2D eigenvalue weighted by Gasteiger charge is 2.20. The Hall–Kier alpha value is -3.16. The van der Waals surface area contributed by atoms with Gasteiger partial charge >= 0.3 is 5.97 Å². The van der Waals surface area contributed by atoms with E-state index < -0.39 is 35.7 Å². The molecule has 0 aliphatic heterocycles. The predicted octanol–water partition coefficient (Wildman–Crippen LogP) is 2.78. The third-order valence-electron chi connectivity index (χ3n) is 3.18. The van der Waals surface area contributed by atoms with Gasteiger partial charge in [0.25, 0.3) is 5.91 Å². The summed E-state index contributed by atoms with van der Waals surface area (Å²) in [7, 11) is 2.87. The van der Waals surface area contributed by atoms with Crippen LogP contribution in [0.1, 0.15) is 10.4 Å². The highest BCUT2D eigenvalue weighted by Crippen LogP contribution is 2.28. The first-order chi connectivity index (χ1) is 12.0. The number of amides is 1. The molecule has 0 bridgehead atoms. The van der Waals surface area contributed by atoms with Crippen LogP contribution in [0.5, 0.6) is 11.5 Å². The second-order valence-corrected chi connectivity index (χ2v) is 4.79. The zero-order valence-electron chi connectivity index (χ0n) is 13.5. The maximum Gasteiger partial charge on any atom is 0.344 e. The summed E-state index contributed by atoms with van der Waals surface area (Å²) >= 11 is 0. The quantitative estimate of drug-likeness (QED) is 0.810. The maximum atomic E-state index is 13.5. The van der Waals surface area contributed by atoms with Crippen LogP contribution in [0.3, 0.4) is 0 Å². The monoisotopic (exact) mass is 351 g/mol. The van der Waals surface area contributed by atoms with Crippen molar-refractivity contribution in [1.29, 1.82) is 0 Å². The lowest BCUT2D eigenvalue weighted by molar-refractivity contribution is -0.119. The number of halogens is 2. The van der Waals surface area contributed by atoms with E-state index in [4.69, 9.17) is 9.47 Å². The molecule has 2 aromatic carbocycles. The minimum Gasteiger partial charge on any atom is -0.497 e. The molecular formula is C17H15F2NO5. The normalized spacial score (nSPS) is 10.1. The standard InChI is InChI=1S/C17H15F2NO5/c1-23-10-6-7-14(24-2)13(8-10)20-15(21)9-25-17(22)16-11(18)4-3-5-12(16)19/h3-8H,9H2,1-2H3,(H,20,21). The summed E-state index contributed by atoms with van der Waals surface area (Å²) in [6.07, 6.45) is 0. The zero-order valence-corrected chi connectivity index (χ0v) is 13.5. The van der Waals surface area contributed by atoms with Crippen molar-refractivity contribution >= 4 is 17.6 Å². The fourth-order valence-electron chi connectivity index (χ4n) is 1.99. The Morgan fingerprint density at radius 3 is 2.32 bits per heavy atom. The lowest BCUT2D eigenvalue weighted by Crippen LogP contribution is -2.22. The van der Waals surface area contributed by atoms with E-state index in [1.165, 1.54) is 20.3 Å². The molecule has 25 heavy (non-hydrogen) atoms. The lowest BCUT2D eigenvalue weighted by atomic mass is 10.2. The lowest BCUT2D eigenvalue weighted by Gasteiger charge is -2.12. The van der Waals surface area contributed by atoms with Crippen molar-refractivity contribution in [2.75, 3.05) is 26.1 Å². The molecular weight excluding hydrogens is 336 g/mol. The predicted molar refractivity (Wildman–Crippen MR) is 84.8 cm³/mol. The van der Waals surface area contributed by atoms with Crippen LogP contribution in [0.15, 0.2) is 36.4 Å². The molecule has 1 amide bonds. The highest BCUT2D eigenvalue weighted by atomic mass is 19.1. The Bertz CT molecular complexity index is 774. The van der Waals surface area contributed by atoms with Crippen LogP contribution in [0, 0.1) is 11.6 Å². The number of ether oxygens (including phenoxy) is 3. The van der Waals surface area contributed by atoms with E-state index in [-0.39, 0.29) is 0 Å². The van der Waals surface area contributed by atoms with Crippen molar-refractivity contribution in [3.63, 3.8) is 0 Å². The molecule has 0 unspecified atom stereocenters. The van der Waals surface area contributed by atoms with E-state index in [0.29, 0.717) is 17.2 Å². The van der Waals surface area contributed by atoms with E-state index in [1.54, 1.807) is 12.1 Å². The fraction of sp³-hybridized carbons (Fsp3) is 0.176. The van der Waals surface area contributed by atoms with Crippen LogP contribution < -0.4 is 14.8 Å². The number of nitrogens with one attached hydrogen (secondary N) is 1. The van der Waals surface area contributed by atoms with Gasteiger partial charge in [-0.2, -0.15) is 0 Å². The van der Waals surface area contributed by atoms with Gasteiger partial charge in [0, 0.05) is 6.07 Å². The molecule has 0 heterocycles. The molecule has 0 spiro atoms. The average molecular weight is 351 g/mol. The largest absolute Gasteiger partial charge is 0.497 e. The first kappa shape index (κ1) is 18.2. The Kier molecular flexibility index (Phi) is 5.89. The van der Waals surface area contributed by atoms with Crippen molar-refractivity contribution in [2.45, 2.75) is 0 Å². The number of carbonyl (C=O) groups excluding carboxylic acids is 2. The van der Waals surface area contributed by atoms with E-state index >= 15 is 0 Å². The summed E-state index contributed by atoms with van der Waals surface area (Å²) in [5, 5.41) is 2.46. The second kappa shape index (κ2) is 8.09. The minimum absolute atomic E-state index is 0.292. The first-order valence-corrected chi connectivity index (χ1v) is 7.09. The van der Waals surface area contributed by atoms with Gasteiger partial charge in [0.15, 0.2) is 6.61 Å². The molecule has 0 aliphatic rings. The summed E-state index contributed by atoms with van der Waals surface area (Å²) in [4.78, 5) is 23.7. The molecule has 6 nitrogen and oxygen atoms in total. The number of methoxy groups -OCH3 is 2. The average Bonchev–Trinajstić information content (AvgIpc) is 2.59. The van der Waals surface area contributed by atoms with Crippen molar-refractivity contribution < 1.29 is 32.6 Å². The van der Waals surface area contributed by atoms with Gasteiger partial charge in [0.2, 0.25) is 0 Å². The molecule has 0 saturated carbocycles. The summed E-state index contributed by atoms with van der Waals surface area (Å²) in [6, 6.07) is 7.67. The van der Waals surface area contributed by atoms with E-state index in [0.717, 1.165) is 18.2 Å². The first-order valence-electron chi connectivity index (χ1n) is 7.09. The number of hydrogen-bond acceptors (Lipinski definition) is 5. The summed E-state index contributed by atoms with van der Waals surface area (Å²) in [5.74, 6) is -3.29. The van der Waals surface area contributed by atoms with Crippen LogP contribution in [-0.2, 0) is 9.53 Å². The number of carbonyl (C=O) groups is 2. The van der Waals surface area contributed by atoms with Crippen LogP contribution in [-0.4, -0.2) is 32.7 Å². The molecule has 0 radical (unpaired) electrons. The minimum atomic E-state index is -1.27. The molecule has 1 N–H and O–H groups in total. The number of esters is 1. The molecule has 0 fully saturated rings. The third-order valence-corrected chi connectivity index (χ3v) is 3.18. The molecule has 2 aromatic rings. The molecule has 2 rings (SSSR count). The SMILES string of the molecule is COc1ccc(OC)c(NC(=O)COC(=O)c2c(F)cccc2F)c1. The molecule has 132 valence electrons. The van der Waals surface area contributed by atoms with Crippen molar-refractivity contribution in [3.8, 4) is 11.5 Å². The fourth-order valence-corrected chi connectivity index (χ4v) is 1.99. The number of benzene rings is 2. The smallest absolute Gasteiger partial charge is 0.344 e. The second-order valence-electron chi connectivity index (χ2n) is 4.79. The zero-order chi connectivity index (χ0) is 18.4. The van der Waals surface area contributed by atoms with Crippen LogP contribution in [0.2, 0.25) is 0 Å². The number of rotatable bonds is 6. The molecule has 0 atom stereocenters. The van der Waals surface area contributed by atoms with E-state index in [9.17, 15) is 18.4 Å². The molecule has 8 heteroatoms. The Morgan fingerprint density at radius 2 is 1.72 bits per heavy atom. The molecule has 0 saturated heterocycles. The highest BCUT2D eigenvalue weighted by molar-refractivity contribution is 5.96. The van der Waals surface area contributed by atoms with Crippen molar-refractivity contribution in [2.24, 2.45) is 0 Å². The molecule has 0 aromatic heterocycles. The van der Waals surface area contributed by atoms with Crippen molar-refractivity contribution in [1.82, 2.24) is 0 Å². The van der Waals surface area contributed by atoms with E-state index in [1.807, 2.05) is 0 Å². The maximum absolute atomic E-state index is 13.5. The van der Waals surface area contributed by atoms with Gasteiger partial charge < -0.3 is 19.5 Å². The number of anilines is 1. The molecule has 0 aliphatic carbocycles. The Labute approximate surface area is 142 Å². The Morgan fingerprint density at radius 1 is 1.04 bits per heavy atom. The van der Waals surface area contributed by atoms with Crippen LogP contribution in [0.4, 0.5) is 14.5 Å². The summed E-state index contributed by atoms with van der Waals surface area (Å²) < 4.78 is 41.8. The number of hydrogen-bond donors (Lipinski definition) is 1.